The van der Waals surface area contributed by atoms with E-state index in [1.54, 1.807) is 29.3 Å². The number of likely N-dealkylation sites (tertiary alicyclic amines) is 1. The molecule has 1 fully saturated rings. The predicted molar refractivity (Wildman–Crippen MR) is 99.1 cm³/mol. The molecule has 126 valence electrons. The zero-order valence-corrected chi connectivity index (χ0v) is 14.9. The van der Waals surface area contributed by atoms with Gasteiger partial charge in [0.05, 0.1) is 11.8 Å². The number of nitrogens with zero attached hydrogens (tertiary/aromatic N) is 3. The van der Waals surface area contributed by atoms with E-state index in [1.807, 2.05) is 17.6 Å². The normalized spacial score (nSPS) is 23.5. The Morgan fingerprint density at radius 1 is 1.33 bits per heavy atom. The number of aliphatic hydroxyl groups excluding tert-OH is 1. The molecule has 1 saturated heterocycles. The second kappa shape index (κ2) is 6.84. The number of anilines is 1. The van der Waals surface area contributed by atoms with Crippen LogP contribution in [-0.4, -0.2) is 51.5 Å². The molecule has 1 aliphatic carbocycles. The van der Waals surface area contributed by atoms with E-state index in [2.05, 4.69) is 20.9 Å². The van der Waals surface area contributed by atoms with Crippen molar-refractivity contribution in [1.29, 1.82) is 0 Å². The summed E-state index contributed by atoms with van der Waals surface area (Å²) in [7, 11) is 0. The number of nitrogens with two attached hydrogens (primary N) is 1. The SMILES string of the molecule is Nc1ccnc2c1CC=C2CN1C[C@H](CSc2nccs2)[C@H](O)C1. The number of thioether (sulfide) groups is 1. The minimum Gasteiger partial charge on any atom is -0.398 e. The maximum Gasteiger partial charge on any atom is 0.149 e. The van der Waals surface area contributed by atoms with Crippen LogP contribution in [0.4, 0.5) is 5.69 Å². The highest BCUT2D eigenvalue weighted by Gasteiger charge is 2.32. The Bertz CT molecular complexity index is 747. The summed E-state index contributed by atoms with van der Waals surface area (Å²) in [5.74, 6) is 1.20. The van der Waals surface area contributed by atoms with Crippen molar-refractivity contribution in [1.82, 2.24) is 14.9 Å². The third-order valence-corrected chi connectivity index (χ3v) is 6.81. The Labute approximate surface area is 149 Å². The van der Waals surface area contributed by atoms with Crippen molar-refractivity contribution >= 4 is 34.4 Å². The summed E-state index contributed by atoms with van der Waals surface area (Å²) < 4.78 is 1.08. The van der Waals surface area contributed by atoms with Crippen molar-refractivity contribution in [2.75, 3.05) is 31.1 Å². The van der Waals surface area contributed by atoms with Crippen molar-refractivity contribution in [2.45, 2.75) is 16.9 Å². The molecule has 2 aromatic heterocycles. The van der Waals surface area contributed by atoms with E-state index in [-0.39, 0.29) is 12.0 Å². The van der Waals surface area contributed by atoms with Gasteiger partial charge in [-0.1, -0.05) is 17.8 Å². The van der Waals surface area contributed by atoms with Gasteiger partial charge in [0.15, 0.2) is 0 Å². The molecule has 4 rings (SSSR count). The summed E-state index contributed by atoms with van der Waals surface area (Å²) in [5.41, 5.74) is 10.3. The Balaban J connectivity index is 1.36. The molecule has 0 aromatic carbocycles. The molecule has 2 atom stereocenters. The van der Waals surface area contributed by atoms with E-state index in [9.17, 15) is 5.11 Å². The fourth-order valence-electron chi connectivity index (χ4n) is 3.40. The second-order valence-corrected chi connectivity index (χ2v) is 8.45. The summed E-state index contributed by atoms with van der Waals surface area (Å²) in [6.45, 7) is 2.46. The summed E-state index contributed by atoms with van der Waals surface area (Å²) in [4.78, 5) is 11.1. The lowest BCUT2D eigenvalue weighted by Gasteiger charge is -2.16. The minimum absolute atomic E-state index is 0.271. The molecule has 2 aliphatic rings. The smallest absolute Gasteiger partial charge is 0.149 e. The van der Waals surface area contributed by atoms with Crippen LogP contribution in [0.15, 0.2) is 34.3 Å². The lowest BCUT2D eigenvalue weighted by molar-refractivity contribution is 0.151. The van der Waals surface area contributed by atoms with E-state index in [1.165, 1.54) is 5.57 Å². The number of rotatable bonds is 5. The first-order valence-corrected chi connectivity index (χ1v) is 9.92. The number of β-amino-alcohol motifs (C(OH)–C–C–N with tert-alkyl or cyclic N) is 1. The standard InChI is InChI=1S/C17H20N4OS2/c18-14-3-4-19-16-11(1-2-13(14)16)7-21-8-12(15(22)9-21)10-24-17-20-5-6-23-17/h1,3-6,12,15,22H,2,7-10H2,(H2,18,19)/t12-,15-/m1/s1. The number of hydrogen-bond acceptors (Lipinski definition) is 7. The average Bonchev–Trinajstić information content (AvgIpc) is 3.28. The van der Waals surface area contributed by atoms with Crippen molar-refractivity contribution < 1.29 is 5.11 Å². The first-order valence-electron chi connectivity index (χ1n) is 8.06. The van der Waals surface area contributed by atoms with E-state index < -0.39 is 0 Å². The topological polar surface area (TPSA) is 75.3 Å². The number of allylic oxidation sites excluding steroid dienone is 1. The molecule has 0 spiro atoms. The highest BCUT2D eigenvalue weighted by Crippen LogP contribution is 2.32. The fourth-order valence-corrected chi connectivity index (χ4v) is 5.22. The van der Waals surface area contributed by atoms with Gasteiger partial charge >= 0.3 is 0 Å². The average molecular weight is 361 g/mol. The van der Waals surface area contributed by atoms with E-state index >= 15 is 0 Å². The second-order valence-electron chi connectivity index (χ2n) is 6.29. The maximum atomic E-state index is 10.4. The summed E-state index contributed by atoms with van der Waals surface area (Å²) in [6, 6.07) is 1.86. The number of thiazole rings is 1. The first kappa shape index (κ1) is 16.1. The largest absolute Gasteiger partial charge is 0.398 e. The maximum absolute atomic E-state index is 10.4. The Morgan fingerprint density at radius 2 is 2.25 bits per heavy atom. The Hall–Kier alpha value is -1.41. The molecule has 3 N–H and O–H groups in total. The number of aliphatic hydroxyl groups is 1. The monoisotopic (exact) mass is 360 g/mol. The van der Waals surface area contributed by atoms with Gasteiger partial charge in [0.2, 0.25) is 0 Å². The molecular formula is C17H20N4OS2. The van der Waals surface area contributed by atoms with Crippen LogP contribution < -0.4 is 5.73 Å². The zero-order valence-electron chi connectivity index (χ0n) is 13.3. The van der Waals surface area contributed by atoms with Crippen LogP contribution in [0.3, 0.4) is 0 Å². The summed E-state index contributed by atoms with van der Waals surface area (Å²) >= 11 is 3.40. The van der Waals surface area contributed by atoms with Gasteiger partial charge in [-0.15, -0.1) is 11.3 Å². The summed E-state index contributed by atoms with van der Waals surface area (Å²) in [5, 5.41) is 12.4. The lowest BCUT2D eigenvalue weighted by atomic mass is 10.1. The Morgan fingerprint density at radius 3 is 3.08 bits per heavy atom. The van der Waals surface area contributed by atoms with Gasteiger partial charge in [-0.05, 0) is 18.1 Å². The first-order chi connectivity index (χ1) is 11.7. The molecule has 0 bridgehead atoms. The van der Waals surface area contributed by atoms with Crippen molar-refractivity contribution in [3.63, 3.8) is 0 Å². The minimum atomic E-state index is -0.271. The Kier molecular flexibility index (Phi) is 4.58. The highest BCUT2D eigenvalue weighted by molar-refractivity contribution is 8.01. The molecular weight excluding hydrogens is 340 g/mol. The van der Waals surface area contributed by atoms with Crippen molar-refractivity contribution in [3.8, 4) is 0 Å². The van der Waals surface area contributed by atoms with Gasteiger partial charge in [0.1, 0.15) is 4.34 Å². The van der Waals surface area contributed by atoms with Gasteiger partial charge in [-0.3, -0.25) is 9.88 Å². The number of pyridine rings is 1. The van der Waals surface area contributed by atoms with E-state index in [0.29, 0.717) is 0 Å². The van der Waals surface area contributed by atoms with Crippen molar-refractivity contribution in [2.24, 2.45) is 5.92 Å². The molecule has 24 heavy (non-hydrogen) atoms. The molecule has 0 radical (unpaired) electrons. The third kappa shape index (κ3) is 3.21. The molecule has 1 aliphatic heterocycles. The molecule has 2 aromatic rings. The fraction of sp³-hybridized carbons (Fsp3) is 0.412. The number of nitrogen functional groups attached to an aromatic ring is 1. The van der Waals surface area contributed by atoms with Crippen LogP contribution in [0.1, 0.15) is 11.3 Å². The highest BCUT2D eigenvalue weighted by atomic mass is 32.2. The predicted octanol–water partition coefficient (Wildman–Crippen LogP) is 2.14. The molecule has 0 saturated carbocycles. The van der Waals surface area contributed by atoms with Crippen LogP contribution in [0.2, 0.25) is 0 Å². The molecule has 7 heteroatoms. The van der Waals surface area contributed by atoms with Crippen LogP contribution >= 0.6 is 23.1 Å². The third-order valence-electron chi connectivity index (χ3n) is 4.66. The van der Waals surface area contributed by atoms with Gasteiger partial charge < -0.3 is 10.8 Å². The van der Waals surface area contributed by atoms with Crippen molar-refractivity contribution in [3.05, 3.63) is 41.2 Å². The lowest BCUT2D eigenvalue weighted by Crippen LogP contribution is -2.24. The number of hydrogen-bond donors (Lipinski definition) is 2. The zero-order chi connectivity index (χ0) is 16.5. The van der Waals surface area contributed by atoms with Crippen LogP contribution in [0.5, 0.6) is 0 Å². The van der Waals surface area contributed by atoms with Crippen LogP contribution in [0.25, 0.3) is 5.57 Å². The molecule has 0 unspecified atom stereocenters. The molecule has 5 nitrogen and oxygen atoms in total. The number of fused-ring (bicyclic) bond motifs is 1. The quantitative estimate of drug-likeness (QED) is 0.796. The summed E-state index contributed by atoms with van der Waals surface area (Å²) in [6.07, 6.45) is 6.42. The molecule has 3 heterocycles. The molecule has 0 amide bonds. The van der Waals surface area contributed by atoms with E-state index in [0.717, 1.165) is 53.1 Å². The van der Waals surface area contributed by atoms with Gasteiger partial charge in [0, 0.05) is 60.3 Å². The van der Waals surface area contributed by atoms with Gasteiger partial charge in [-0.25, -0.2) is 4.98 Å². The van der Waals surface area contributed by atoms with E-state index in [4.69, 9.17) is 5.73 Å². The van der Waals surface area contributed by atoms with Gasteiger partial charge in [-0.2, -0.15) is 0 Å². The van der Waals surface area contributed by atoms with Gasteiger partial charge in [0.25, 0.3) is 0 Å². The van der Waals surface area contributed by atoms with Crippen LogP contribution in [0, 0.1) is 5.92 Å². The van der Waals surface area contributed by atoms with Crippen LogP contribution in [-0.2, 0) is 6.42 Å². The number of aromatic nitrogens is 2.